The van der Waals surface area contributed by atoms with Crippen LogP contribution in [0, 0.1) is 29.1 Å². The second-order valence-corrected chi connectivity index (χ2v) is 9.61. The largest absolute Gasteiger partial charge is 0.479 e. The van der Waals surface area contributed by atoms with Crippen LogP contribution < -0.4 is 0 Å². The summed E-state index contributed by atoms with van der Waals surface area (Å²) in [7, 11) is 0. The number of carbonyl (C=O) groups excluding carboxylic acids is 1. The molecule has 170 valence electrons. The minimum Gasteiger partial charge on any atom is -0.479 e. The number of ketones is 1. The fraction of sp³-hybridized carbons (Fsp3) is 0.750. The summed E-state index contributed by atoms with van der Waals surface area (Å²) in [4.78, 5) is 23.6. The predicted octanol–water partition coefficient (Wildman–Crippen LogP) is 3.35. The summed E-state index contributed by atoms with van der Waals surface area (Å²) in [5.41, 5.74) is -1.34. The van der Waals surface area contributed by atoms with Crippen molar-refractivity contribution in [3.05, 3.63) is 12.2 Å². The third kappa shape index (κ3) is 8.59. The maximum absolute atomic E-state index is 12.3. The first kappa shape index (κ1) is 26.4. The van der Waals surface area contributed by atoms with Crippen LogP contribution in [0.1, 0.15) is 73.1 Å². The molecule has 0 spiro atoms. The molecule has 6 heteroatoms. The van der Waals surface area contributed by atoms with E-state index in [-0.39, 0.29) is 31.1 Å². The molecule has 1 aliphatic carbocycles. The van der Waals surface area contributed by atoms with Gasteiger partial charge in [-0.05, 0) is 25.2 Å². The summed E-state index contributed by atoms with van der Waals surface area (Å²) in [5.74, 6) is 3.92. The lowest BCUT2D eigenvalue weighted by Crippen LogP contribution is -2.37. The van der Waals surface area contributed by atoms with E-state index in [0.717, 1.165) is 12.8 Å². The summed E-state index contributed by atoms with van der Waals surface area (Å²) in [5, 5.41) is 29.9. The number of hydrogen-bond donors (Lipinski definition) is 3. The number of aliphatic hydroxyl groups excluding tert-OH is 1. The van der Waals surface area contributed by atoms with E-state index in [9.17, 15) is 24.9 Å². The Bertz CT molecular complexity index is 661. The Morgan fingerprint density at radius 2 is 1.97 bits per heavy atom. The van der Waals surface area contributed by atoms with Crippen LogP contribution in [0.2, 0.25) is 0 Å². The first-order valence-electron chi connectivity index (χ1n) is 10.8. The van der Waals surface area contributed by atoms with E-state index in [2.05, 4.69) is 18.8 Å². The van der Waals surface area contributed by atoms with Gasteiger partial charge in [0.25, 0.3) is 0 Å². The number of ether oxygens (including phenoxy) is 1. The Morgan fingerprint density at radius 1 is 1.30 bits per heavy atom. The molecule has 3 N–H and O–H groups in total. The highest BCUT2D eigenvalue weighted by molar-refractivity contribution is 5.85. The van der Waals surface area contributed by atoms with Gasteiger partial charge in [0, 0.05) is 24.7 Å². The Morgan fingerprint density at radius 3 is 2.53 bits per heavy atom. The van der Waals surface area contributed by atoms with Gasteiger partial charge in [0.15, 0.2) is 6.10 Å². The molecule has 0 aromatic heterocycles. The molecule has 1 rings (SSSR count). The fourth-order valence-electron chi connectivity index (χ4n) is 3.68. The average molecular weight is 423 g/mol. The zero-order chi connectivity index (χ0) is 22.9. The Labute approximate surface area is 180 Å². The molecular formula is C24H38O6. The molecule has 0 radical (unpaired) electrons. The van der Waals surface area contributed by atoms with Crippen molar-refractivity contribution in [3.63, 3.8) is 0 Å². The van der Waals surface area contributed by atoms with Crippen molar-refractivity contribution in [1.29, 1.82) is 0 Å². The van der Waals surface area contributed by atoms with Crippen LogP contribution in [0.5, 0.6) is 0 Å². The number of aliphatic carboxylic acids is 1. The van der Waals surface area contributed by atoms with Gasteiger partial charge in [0.2, 0.25) is 0 Å². The van der Waals surface area contributed by atoms with Crippen LogP contribution >= 0.6 is 0 Å². The van der Waals surface area contributed by atoms with Crippen LogP contribution in [0.15, 0.2) is 12.2 Å². The van der Waals surface area contributed by atoms with Gasteiger partial charge in [0.05, 0.1) is 11.7 Å². The van der Waals surface area contributed by atoms with Crippen LogP contribution in [0.3, 0.4) is 0 Å². The maximum atomic E-state index is 12.3. The summed E-state index contributed by atoms with van der Waals surface area (Å²) in [6.45, 7) is 9.21. The predicted molar refractivity (Wildman–Crippen MR) is 116 cm³/mol. The number of hydrogen-bond acceptors (Lipinski definition) is 5. The molecule has 0 bridgehead atoms. The molecule has 5 unspecified atom stereocenters. The molecule has 0 heterocycles. The topological polar surface area (TPSA) is 104 Å². The van der Waals surface area contributed by atoms with Gasteiger partial charge in [-0.25, -0.2) is 4.79 Å². The third-order valence-corrected chi connectivity index (χ3v) is 5.50. The van der Waals surface area contributed by atoms with Gasteiger partial charge < -0.3 is 20.1 Å². The zero-order valence-electron chi connectivity index (χ0n) is 19.0. The highest BCUT2D eigenvalue weighted by Crippen LogP contribution is 2.33. The first-order chi connectivity index (χ1) is 13.9. The van der Waals surface area contributed by atoms with E-state index in [1.54, 1.807) is 27.7 Å². The van der Waals surface area contributed by atoms with Gasteiger partial charge in [-0.2, -0.15) is 0 Å². The Kier molecular flexibility index (Phi) is 10.2. The first-order valence-corrected chi connectivity index (χ1v) is 10.8. The lowest BCUT2D eigenvalue weighted by Gasteiger charge is -2.26. The Balaban J connectivity index is 2.65. The normalized spacial score (nSPS) is 25.0. The van der Waals surface area contributed by atoms with Crippen LogP contribution in [-0.4, -0.2) is 51.5 Å². The lowest BCUT2D eigenvalue weighted by atomic mass is 9.89. The number of aliphatic hydroxyl groups is 2. The Hall–Kier alpha value is -1.68. The minimum atomic E-state index is -1.03. The SMILES string of the molecule is CCCCC(C)(O)C/C=C/C1C(O)CC(=O)C1CC#CCOC(C(=O)O)C(C)(C)C. The molecule has 6 nitrogen and oxygen atoms in total. The van der Waals surface area contributed by atoms with Crippen LogP contribution in [0.4, 0.5) is 0 Å². The van der Waals surface area contributed by atoms with E-state index >= 15 is 0 Å². The molecule has 0 aromatic carbocycles. The quantitative estimate of drug-likeness (QED) is 0.368. The van der Waals surface area contributed by atoms with Gasteiger partial charge in [-0.15, -0.1) is 5.92 Å². The number of carboxylic acid groups (broad SMARTS) is 1. The maximum Gasteiger partial charge on any atom is 0.333 e. The molecule has 0 saturated heterocycles. The summed E-state index contributed by atoms with van der Waals surface area (Å²) in [6.07, 6.45) is 5.52. The van der Waals surface area contributed by atoms with Crippen molar-refractivity contribution in [2.24, 2.45) is 17.3 Å². The average Bonchev–Trinajstić information content (AvgIpc) is 2.88. The molecule has 30 heavy (non-hydrogen) atoms. The molecular weight excluding hydrogens is 384 g/mol. The molecule has 0 amide bonds. The minimum absolute atomic E-state index is 0.0248. The van der Waals surface area contributed by atoms with Gasteiger partial charge in [-0.1, -0.05) is 58.6 Å². The lowest BCUT2D eigenvalue weighted by molar-refractivity contribution is -0.156. The molecule has 1 saturated carbocycles. The monoisotopic (exact) mass is 422 g/mol. The van der Waals surface area contributed by atoms with Crippen LogP contribution in [0.25, 0.3) is 0 Å². The number of Topliss-reactive ketones (excluding diaryl/α,β-unsaturated/α-hetero) is 1. The van der Waals surface area contributed by atoms with Crippen molar-refractivity contribution in [2.75, 3.05) is 6.61 Å². The number of unbranched alkanes of at least 4 members (excludes halogenated alkanes) is 1. The molecule has 0 aromatic rings. The van der Waals surface area contributed by atoms with Gasteiger partial charge in [-0.3, -0.25) is 4.79 Å². The number of carbonyl (C=O) groups is 2. The smallest absolute Gasteiger partial charge is 0.333 e. The summed E-state index contributed by atoms with van der Waals surface area (Å²) >= 11 is 0. The van der Waals surface area contributed by atoms with Crippen molar-refractivity contribution in [3.8, 4) is 11.8 Å². The van der Waals surface area contributed by atoms with E-state index in [4.69, 9.17) is 4.74 Å². The molecule has 0 aliphatic heterocycles. The highest BCUT2D eigenvalue weighted by atomic mass is 16.5. The number of rotatable bonds is 10. The van der Waals surface area contributed by atoms with E-state index in [1.165, 1.54) is 0 Å². The van der Waals surface area contributed by atoms with Crippen molar-refractivity contribution in [1.82, 2.24) is 0 Å². The summed E-state index contributed by atoms with van der Waals surface area (Å²) in [6, 6.07) is 0. The van der Waals surface area contributed by atoms with Crippen molar-refractivity contribution >= 4 is 11.8 Å². The van der Waals surface area contributed by atoms with Crippen molar-refractivity contribution in [2.45, 2.75) is 91.0 Å². The van der Waals surface area contributed by atoms with E-state index in [0.29, 0.717) is 12.8 Å². The second-order valence-electron chi connectivity index (χ2n) is 9.61. The molecule has 1 fully saturated rings. The second kappa shape index (κ2) is 11.6. The third-order valence-electron chi connectivity index (χ3n) is 5.50. The zero-order valence-corrected chi connectivity index (χ0v) is 19.0. The standard InChI is InChI=1S/C24H38O6/c1-6-7-13-24(5,29)14-10-12-18-17(19(25)16-20(18)26)11-8-9-15-30-21(22(27)28)23(2,3)4/h10,12,17-18,20-21,26,29H,6-7,11,13-16H2,1-5H3,(H,27,28)/b12-10+. The molecule has 1 aliphatic rings. The van der Waals surface area contributed by atoms with Gasteiger partial charge in [0.1, 0.15) is 12.4 Å². The molecule has 5 atom stereocenters. The van der Waals surface area contributed by atoms with E-state index in [1.807, 2.05) is 12.2 Å². The van der Waals surface area contributed by atoms with Gasteiger partial charge >= 0.3 is 5.97 Å². The summed E-state index contributed by atoms with van der Waals surface area (Å²) < 4.78 is 5.39. The van der Waals surface area contributed by atoms with Crippen LogP contribution in [-0.2, 0) is 14.3 Å². The number of carboxylic acids is 1. The fourth-order valence-corrected chi connectivity index (χ4v) is 3.68. The highest BCUT2D eigenvalue weighted by Gasteiger charge is 2.39. The van der Waals surface area contributed by atoms with E-state index < -0.39 is 35.1 Å². The van der Waals surface area contributed by atoms with Crippen molar-refractivity contribution < 1.29 is 29.6 Å².